The largest absolute Gasteiger partial charge is 0.441 e. The van der Waals surface area contributed by atoms with Crippen LogP contribution in [0.15, 0.2) is 22.6 Å². The number of fused-ring (bicyclic) bond motifs is 1. The van der Waals surface area contributed by atoms with Crippen molar-refractivity contribution >= 4 is 16.9 Å². The first-order chi connectivity index (χ1) is 9.22. The first-order valence-electron chi connectivity index (χ1n) is 6.40. The van der Waals surface area contributed by atoms with Crippen LogP contribution in [0.2, 0.25) is 0 Å². The average Bonchev–Trinajstić information content (AvgIpc) is 3.02. The normalized spacial score (nSPS) is 14.5. The number of carbonyl (C=O) groups is 1. The maximum atomic E-state index is 12.0. The van der Waals surface area contributed by atoms with E-state index in [1.807, 2.05) is 4.90 Å². The van der Waals surface area contributed by atoms with E-state index in [0.717, 1.165) is 31.4 Å². The van der Waals surface area contributed by atoms with Crippen LogP contribution < -0.4 is 0 Å². The van der Waals surface area contributed by atoms with Gasteiger partial charge in [0.25, 0.3) is 0 Å². The Labute approximate surface area is 111 Å². The van der Waals surface area contributed by atoms with Crippen molar-refractivity contribution in [2.75, 3.05) is 13.1 Å². The molecular formula is C15H14N2O2. The summed E-state index contributed by atoms with van der Waals surface area (Å²) in [6.07, 6.45) is 2.32. The van der Waals surface area contributed by atoms with Crippen LogP contribution in [0.5, 0.6) is 0 Å². The second kappa shape index (κ2) is 4.77. The lowest BCUT2D eigenvalue weighted by molar-refractivity contribution is 0.105. The van der Waals surface area contributed by atoms with Crippen molar-refractivity contribution in [1.82, 2.24) is 9.88 Å². The lowest BCUT2D eigenvalue weighted by Gasteiger charge is -2.04. The van der Waals surface area contributed by atoms with E-state index in [2.05, 4.69) is 16.9 Å². The van der Waals surface area contributed by atoms with Gasteiger partial charge in [0.2, 0.25) is 5.78 Å². The van der Waals surface area contributed by atoms with Crippen molar-refractivity contribution in [3.8, 4) is 12.0 Å². The molecule has 0 N–H and O–H groups in total. The van der Waals surface area contributed by atoms with E-state index in [1.165, 1.54) is 0 Å². The molecule has 3 rings (SSSR count). The van der Waals surface area contributed by atoms with Crippen LogP contribution in [0.3, 0.4) is 0 Å². The number of hydrogen-bond donors (Lipinski definition) is 0. The topological polar surface area (TPSA) is 46.3 Å². The lowest BCUT2D eigenvalue weighted by atomic mass is 10.1. The Morgan fingerprint density at radius 2 is 2.16 bits per heavy atom. The molecule has 96 valence electrons. The summed E-state index contributed by atoms with van der Waals surface area (Å²) in [5.41, 5.74) is 1.95. The van der Waals surface area contributed by atoms with Gasteiger partial charge in [-0.25, -0.2) is 4.98 Å². The van der Waals surface area contributed by atoms with Crippen molar-refractivity contribution in [1.29, 1.82) is 0 Å². The van der Waals surface area contributed by atoms with Crippen molar-refractivity contribution in [2.45, 2.75) is 19.8 Å². The van der Waals surface area contributed by atoms with Gasteiger partial charge in [-0.05, 0) is 37.0 Å². The summed E-state index contributed by atoms with van der Waals surface area (Å²) >= 11 is 0. The van der Waals surface area contributed by atoms with Crippen LogP contribution in [-0.2, 0) is 0 Å². The fourth-order valence-electron chi connectivity index (χ4n) is 2.21. The molecule has 4 nitrogen and oxygen atoms in total. The zero-order valence-corrected chi connectivity index (χ0v) is 10.8. The van der Waals surface area contributed by atoms with E-state index in [0.29, 0.717) is 17.0 Å². The van der Waals surface area contributed by atoms with Gasteiger partial charge in [0, 0.05) is 31.6 Å². The number of rotatable bonds is 1. The van der Waals surface area contributed by atoms with E-state index in [4.69, 9.17) is 4.42 Å². The molecule has 0 saturated carbocycles. The average molecular weight is 254 g/mol. The fourth-order valence-corrected chi connectivity index (χ4v) is 2.21. The number of aryl methyl sites for hydroxylation is 1. The summed E-state index contributed by atoms with van der Waals surface area (Å²) in [6.45, 7) is 3.70. The van der Waals surface area contributed by atoms with Gasteiger partial charge >= 0.3 is 0 Å². The van der Waals surface area contributed by atoms with E-state index < -0.39 is 0 Å². The lowest BCUT2D eigenvalue weighted by Crippen LogP contribution is -2.12. The molecular weight excluding hydrogens is 240 g/mol. The predicted octanol–water partition coefficient (Wildman–Crippen LogP) is 2.38. The summed E-state index contributed by atoms with van der Waals surface area (Å²) in [4.78, 5) is 18.2. The number of likely N-dealkylation sites (tertiary alicyclic amines) is 1. The molecule has 4 heteroatoms. The number of carbonyl (C=O) groups excluding carboxylic acids is 1. The van der Waals surface area contributed by atoms with Crippen molar-refractivity contribution < 1.29 is 9.21 Å². The third kappa shape index (κ3) is 2.45. The molecule has 0 aliphatic carbocycles. The SMILES string of the molecule is Cc1nc2ccc(C(=O)C#CN3CCCC3)cc2o1. The van der Waals surface area contributed by atoms with Crippen molar-refractivity contribution in [3.05, 3.63) is 29.7 Å². The third-order valence-corrected chi connectivity index (χ3v) is 3.19. The van der Waals surface area contributed by atoms with Crippen molar-refractivity contribution in [3.63, 3.8) is 0 Å². The number of oxazole rings is 1. The molecule has 1 aliphatic heterocycles. The van der Waals surface area contributed by atoms with Crippen LogP contribution in [0.25, 0.3) is 11.1 Å². The van der Waals surface area contributed by atoms with Crippen LogP contribution in [0.4, 0.5) is 0 Å². The second-order valence-corrected chi connectivity index (χ2v) is 4.68. The molecule has 1 fully saturated rings. The van der Waals surface area contributed by atoms with Crippen LogP contribution in [0, 0.1) is 18.9 Å². The molecule has 2 aromatic rings. The molecule has 1 aliphatic rings. The molecule has 19 heavy (non-hydrogen) atoms. The van der Waals surface area contributed by atoms with Gasteiger partial charge in [0.05, 0.1) is 0 Å². The first-order valence-corrected chi connectivity index (χ1v) is 6.40. The Hall–Kier alpha value is -2.28. The minimum atomic E-state index is -0.178. The number of Topliss-reactive ketones (excluding diaryl/α,β-unsaturated/α-hetero) is 1. The van der Waals surface area contributed by atoms with Gasteiger partial charge in [-0.15, -0.1) is 0 Å². The van der Waals surface area contributed by atoms with Crippen LogP contribution in [0.1, 0.15) is 29.1 Å². The minimum Gasteiger partial charge on any atom is -0.441 e. The van der Waals surface area contributed by atoms with Crippen molar-refractivity contribution in [2.24, 2.45) is 0 Å². The Morgan fingerprint density at radius 3 is 2.95 bits per heavy atom. The molecule has 0 bridgehead atoms. The van der Waals surface area contributed by atoms with Crippen LogP contribution >= 0.6 is 0 Å². The standard InChI is InChI=1S/C15H14N2O2/c1-11-16-13-5-4-12(10-15(13)19-11)14(18)6-9-17-7-2-3-8-17/h4-5,10H,2-3,7-8H2,1H3. The Bertz CT molecular complexity index is 685. The Balaban J connectivity index is 1.84. The van der Waals surface area contributed by atoms with E-state index in [-0.39, 0.29) is 5.78 Å². The van der Waals surface area contributed by atoms with Gasteiger partial charge in [-0.3, -0.25) is 4.79 Å². The highest BCUT2D eigenvalue weighted by Crippen LogP contribution is 2.17. The summed E-state index contributed by atoms with van der Waals surface area (Å²) in [5.74, 6) is 3.11. The highest BCUT2D eigenvalue weighted by molar-refractivity contribution is 6.10. The zero-order valence-electron chi connectivity index (χ0n) is 10.8. The van der Waals surface area contributed by atoms with Gasteiger partial charge < -0.3 is 9.32 Å². The Morgan fingerprint density at radius 1 is 1.37 bits per heavy atom. The number of hydrogen-bond acceptors (Lipinski definition) is 4. The quantitative estimate of drug-likeness (QED) is 0.579. The van der Waals surface area contributed by atoms with Gasteiger partial charge in [-0.1, -0.05) is 0 Å². The van der Waals surface area contributed by atoms with E-state index >= 15 is 0 Å². The van der Waals surface area contributed by atoms with Crippen LogP contribution in [-0.4, -0.2) is 28.8 Å². The summed E-state index contributed by atoms with van der Waals surface area (Å²) < 4.78 is 5.41. The molecule has 1 aromatic carbocycles. The molecule has 0 amide bonds. The number of ketones is 1. The Kier molecular flexibility index (Phi) is 2.96. The number of nitrogens with zero attached hydrogens (tertiary/aromatic N) is 2. The van der Waals surface area contributed by atoms with E-state index in [1.54, 1.807) is 25.1 Å². The van der Waals surface area contributed by atoms with Gasteiger partial charge in [0.1, 0.15) is 5.52 Å². The molecule has 1 saturated heterocycles. The molecule has 0 atom stereocenters. The number of benzene rings is 1. The summed E-state index contributed by atoms with van der Waals surface area (Å²) in [7, 11) is 0. The monoisotopic (exact) mass is 254 g/mol. The number of aromatic nitrogens is 1. The van der Waals surface area contributed by atoms with Gasteiger partial charge in [0.15, 0.2) is 11.5 Å². The van der Waals surface area contributed by atoms with Gasteiger partial charge in [-0.2, -0.15) is 0 Å². The molecule has 0 spiro atoms. The maximum absolute atomic E-state index is 12.0. The highest BCUT2D eigenvalue weighted by atomic mass is 16.3. The maximum Gasteiger partial charge on any atom is 0.237 e. The minimum absolute atomic E-state index is 0.178. The summed E-state index contributed by atoms with van der Waals surface area (Å²) in [6, 6.07) is 8.16. The third-order valence-electron chi connectivity index (χ3n) is 3.19. The molecule has 0 unspecified atom stereocenters. The second-order valence-electron chi connectivity index (χ2n) is 4.68. The van der Waals surface area contributed by atoms with E-state index in [9.17, 15) is 4.79 Å². The molecule has 1 aromatic heterocycles. The first kappa shape index (κ1) is 11.8. The predicted molar refractivity (Wildman–Crippen MR) is 71.7 cm³/mol. The summed E-state index contributed by atoms with van der Waals surface area (Å²) in [5, 5.41) is 0. The fraction of sp³-hybridized carbons (Fsp3) is 0.333. The smallest absolute Gasteiger partial charge is 0.237 e. The molecule has 2 heterocycles. The highest BCUT2D eigenvalue weighted by Gasteiger charge is 2.09. The zero-order chi connectivity index (χ0) is 13.2. The molecule has 0 radical (unpaired) electrons.